The van der Waals surface area contributed by atoms with E-state index in [4.69, 9.17) is 5.26 Å². The van der Waals surface area contributed by atoms with E-state index in [9.17, 15) is 4.79 Å². The number of rotatable bonds is 5. The Labute approximate surface area is 109 Å². The number of halogens is 1. The molecular weight excluding hydrogens is 284 g/mol. The number of ether oxygens (including phenoxy) is 1. The molecule has 0 heterocycles. The van der Waals surface area contributed by atoms with E-state index in [1.54, 1.807) is 0 Å². The molecule has 17 heavy (non-hydrogen) atoms. The fourth-order valence-electron chi connectivity index (χ4n) is 1.25. The molecule has 1 aromatic rings. The molecule has 1 aromatic carbocycles. The first-order chi connectivity index (χ1) is 8.17. The van der Waals surface area contributed by atoms with E-state index >= 15 is 0 Å². The second-order valence-electron chi connectivity index (χ2n) is 3.40. The maximum absolute atomic E-state index is 11.1. The first-order valence-electron chi connectivity index (χ1n) is 5.09. The Morgan fingerprint density at radius 2 is 2.18 bits per heavy atom. The van der Waals surface area contributed by atoms with E-state index in [0.29, 0.717) is 13.0 Å². The van der Waals surface area contributed by atoms with Crippen molar-refractivity contribution < 1.29 is 9.53 Å². The summed E-state index contributed by atoms with van der Waals surface area (Å²) in [6.07, 6.45) is 0.406. The van der Waals surface area contributed by atoms with Gasteiger partial charge in [0, 0.05) is 12.2 Å². The van der Waals surface area contributed by atoms with Gasteiger partial charge in [0.15, 0.2) is 0 Å². The van der Waals surface area contributed by atoms with Crippen LogP contribution in [0, 0.1) is 11.3 Å². The average molecular weight is 297 g/mol. The van der Waals surface area contributed by atoms with E-state index in [-0.39, 0.29) is 10.8 Å². The van der Waals surface area contributed by atoms with Crippen LogP contribution in [0.1, 0.15) is 5.56 Å². The standard InChI is InChI=1S/C12H13BrN2O2/c1-17-12(16)11(13)8-15-10-4-2-9(3-5-10)6-7-14/h2-5,11,15H,6,8H2,1H3. The molecule has 5 heteroatoms. The molecule has 1 rings (SSSR count). The molecule has 0 radical (unpaired) electrons. The van der Waals surface area contributed by atoms with Crippen LogP contribution in [-0.4, -0.2) is 24.5 Å². The summed E-state index contributed by atoms with van der Waals surface area (Å²) in [5.41, 5.74) is 1.88. The third-order valence-corrected chi connectivity index (χ3v) is 2.88. The number of nitrogens with zero attached hydrogens (tertiary/aromatic N) is 1. The molecule has 0 aliphatic heterocycles. The van der Waals surface area contributed by atoms with Gasteiger partial charge in [0.05, 0.1) is 19.6 Å². The van der Waals surface area contributed by atoms with Crippen molar-refractivity contribution in [3.05, 3.63) is 29.8 Å². The number of methoxy groups -OCH3 is 1. The maximum atomic E-state index is 11.1. The van der Waals surface area contributed by atoms with E-state index in [2.05, 4.69) is 32.1 Å². The van der Waals surface area contributed by atoms with Gasteiger partial charge in [-0.15, -0.1) is 0 Å². The fraction of sp³-hybridized carbons (Fsp3) is 0.333. The van der Waals surface area contributed by atoms with E-state index in [0.717, 1.165) is 11.3 Å². The number of nitriles is 1. The molecule has 1 atom stereocenters. The molecule has 0 spiro atoms. The van der Waals surface area contributed by atoms with Gasteiger partial charge in [0.25, 0.3) is 0 Å². The van der Waals surface area contributed by atoms with Crippen LogP contribution < -0.4 is 5.32 Å². The van der Waals surface area contributed by atoms with E-state index < -0.39 is 0 Å². The summed E-state index contributed by atoms with van der Waals surface area (Å²) in [5, 5.41) is 11.6. The summed E-state index contributed by atoms with van der Waals surface area (Å²) in [7, 11) is 1.35. The molecule has 90 valence electrons. The van der Waals surface area contributed by atoms with Crippen LogP contribution in [0.2, 0.25) is 0 Å². The molecule has 1 N–H and O–H groups in total. The van der Waals surface area contributed by atoms with Gasteiger partial charge in [-0.1, -0.05) is 28.1 Å². The lowest BCUT2D eigenvalue weighted by Gasteiger charge is -2.10. The van der Waals surface area contributed by atoms with Crippen LogP contribution in [0.4, 0.5) is 5.69 Å². The second kappa shape index (κ2) is 6.92. The van der Waals surface area contributed by atoms with E-state index in [1.807, 2.05) is 24.3 Å². The summed E-state index contributed by atoms with van der Waals surface area (Å²) in [4.78, 5) is 10.8. The second-order valence-corrected chi connectivity index (χ2v) is 4.51. The van der Waals surface area contributed by atoms with Crippen LogP contribution in [-0.2, 0) is 16.0 Å². The molecular formula is C12H13BrN2O2. The predicted octanol–water partition coefficient (Wildman–Crippen LogP) is 2.10. The topological polar surface area (TPSA) is 62.1 Å². The van der Waals surface area contributed by atoms with Crippen LogP contribution >= 0.6 is 15.9 Å². The lowest BCUT2D eigenvalue weighted by Crippen LogP contribution is -2.24. The fourth-order valence-corrected chi connectivity index (χ4v) is 1.60. The van der Waals surface area contributed by atoms with Crippen molar-refractivity contribution in [1.82, 2.24) is 0 Å². The van der Waals surface area contributed by atoms with E-state index in [1.165, 1.54) is 7.11 Å². The summed E-state index contributed by atoms with van der Waals surface area (Å²) in [6, 6.07) is 9.61. The molecule has 4 nitrogen and oxygen atoms in total. The Kier molecular flexibility index (Phi) is 5.50. The minimum atomic E-state index is -0.369. The van der Waals surface area contributed by atoms with Crippen LogP contribution in [0.15, 0.2) is 24.3 Å². The summed E-state index contributed by atoms with van der Waals surface area (Å²) in [6.45, 7) is 0.449. The third kappa shape index (κ3) is 4.45. The van der Waals surface area contributed by atoms with Crippen molar-refractivity contribution in [2.24, 2.45) is 0 Å². The average Bonchev–Trinajstić information content (AvgIpc) is 2.37. The molecule has 0 amide bonds. The number of hydrogen-bond acceptors (Lipinski definition) is 4. The lowest BCUT2D eigenvalue weighted by molar-refractivity contribution is -0.139. The maximum Gasteiger partial charge on any atom is 0.321 e. The van der Waals surface area contributed by atoms with Gasteiger partial charge in [0.2, 0.25) is 0 Å². The smallest absolute Gasteiger partial charge is 0.321 e. The largest absolute Gasteiger partial charge is 0.468 e. The van der Waals surface area contributed by atoms with Crippen molar-refractivity contribution in [2.75, 3.05) is 19.0 Å². The number of nitrogens with one attached hydrogen (secondary N) is 1. The molecule has 0 fully saturated rings. The highest BCUT2D eigenvalue weighted by molar-refractivity contribution is 9.10. The SMILES string of the molecule is COC(=O)C(Br)CNc1ccc(CC#N)cc1. The van der Waals surface area contributed by atoms with Gasteiger partial charge in [-0.25, -0.2) is 0 Å². The zero-order valence-corrected chi connectivity index (χ0v) is 11.0. The number of esters is 1. The summed E-state index contributed by atoms with van der Waals surface area (Å²) in [5.74, 6) is -0.307. The number of carbonyl (C=O) groups is 1. The van der Waals surface area contributed by atoms with Crippen molar-refractivity contribution in [2.45, 2.75) is 11.2 Å². The van der Waals surface area contributed by atoms with Crippen LogP contribution in [0.3, 0.4) is 0 Å². The van der Waals surface area contributed by atoms with Gasteiger partial charge in [-0.05, 0) is 17.7 Å². The van der Waals surface area contributed by atoms with Gasteiger partial charge in [0.1, 0.15) is 4.83 Å². The van der Waals surface area contributed by atoms with Crippen molar-refractivity contribution >= 4 is 27.6 Å². The highest BCUT2D eigenvalue weighted by Gasteiger charge is 2.14. The van der Waals surface area contributed by atoms with Crippen molar-refractivity contribution in [3.63, 3.8) is 0 Å². The Morgan fingerprint density at radius 1 is 1.53 bits per heavy atom. The van der Waals surface area contributed by atoms with Gasteiger partial charge >= 0.3 is 5.97 Å². The van der Waals surface area contributed by atoms with Gasteiger partial charge in [-0.2, -0.15) is 5.26 Å². The zero-order chi connectivity index (χ0) is 12.7. The minimum Gasteiger partial charge on any atom is -0.468 e. The Balaban J connectivity index is 2.47. The molecule has 0 saturated carbocycles. The minimum absolute atomic E-state index is 0.307. The zero-order valence-electron chi connectivity index (χ0n) is 9.44. The number of anilines is 1. The molecule has 0 aliphatic carbocycles. The Morgan fingerprint density at radius 3 is 2.71 bits per heavy atom. The normalized spacial score (nSPS) is 11.4. The molecule has 0 aliphatic rings. The summed E-state index contributed by atoms with van der Waals surface area (Å²) >= 11 is 3.22. The first kappa shape index (κ1) is 13.5. The Hall–Kier alpha value is -1.54. The summed E-state index contributed by atoms with van der Waals surface area (Å²) < 4.78 is 4.59. The van der Waals surface area contributed by atoms with Gasteiger partial charge in [-0.3, -0.25) is 4.79 Å². The predicted molar refractivity (Wildman–Crippen MR) is 69.0 cm³/mol. The Bertz CT molecular complexity index is 412. The lowest BCUT2D eigenvalue weighted by atomic mass is 10.1. The van der Waals surface area contributed by atoms with Gasteiger partial charge < -0.3 is 10.1 Å². The first-order valence-corrected chi connectivity index (χ1v) is 6.00. The molecule has 1 unspecified atom stereocenters. The highest BCUT2D eigenvalue weighted by atomic mass is 79.9. The van der Waals surface area contributed by atoms with Crippen molar-refractivity contribution in [3.8, 4) is 6.07 Å². The molecule has 0 saturated heterocycles. The highest BCUT2D eigenvalue weighted by Crippen LogP contribution is 2.11. The van der Waals surface area contributed by atoms with Crippen LogP contribution in [0.25, 0.3) is 0 Å². The molecule has 0 bridgehead atoms. The molecule has 0 aromatic heterocycles. The number of carbonyl (C=O) groups excluding carboxylic acids is 1. The third-order valence-electron chi connectivity index (χ3n) is 2.18. The monoisotopic (exact) mass is 296 g/mol. The quantitative estimate of drug-likeness (QED) is 0.668. The van der Waals surface area contributed by atoms with Crippen molar-refractivity contribution in [1.29, 1.82) is 5.26 Å². The number of alkyl halides is 1. The number of hydrogen-bond donors (Lipinski definition) is 1. The number of benzene rings is 1. The van der Waals surface area contributed by atoms with Crippen LogP contribution in [0.5, 0.6) is 0 Å².